The molecule has 1 aliphatic heterocycles. The van der Waals surface area contributed by atoms with Crippen LogP contribution in [0.1, 0.15) is 52.9 Å². The second kappa shape index (κ2) is 5.92. The highest BCUT2D eigenvalue weighted by Gasteiger charge is 2.33. The van der Waals surface area contributed by atoms with E-state index in [1.807, 2.05) is 6.26 Å². The van der Waals surface area contributed by atoms with Gasteiger partial charge in [0.2, 0.25) is 0 Å². The number of hydrogen-bond donors (Lipinski definition) is 0. The number of hydrogen-bond acceptors (Lipinski definition) is 3. The lowest BCUT2D eigenvalue weighted by molar-refractivity contribution is -0.153. The highest BCUT2D eigenvalue weighted by molar-refractivity contribution is 5.68. The first-order valence-electron chi connectivity index (χ1n) is 6.17. The largest absolute Gasteiger partial charge is 0.491 e. The molecule has 16 heavy (non-hydrogen) atoms. The summed E-state index contributed by atoms with van der Waals surface area (Å²) in [5, 5.41) is 0. The van der Waals surface area contributed by atoms with Gasteiger partial charge >= 0.3 is 5.97 Å². The fourth-order valence-corrected chi connectivity index (χ4v) is 1.76. The zero-order valence-electron chi connectivity index (χ0n) is 10.5. The predicted molar refractivity (Wildman–Crippen MR) is 63.0 cm³/mol. The number of esters is 1. The third-order valence-electron chi connectivity index (χ3n) is 3.26. The van der Waals surface area contributed by atoms with Crippen LogP contribution in [0.2, 0.25) is 0 Å². The van der Waals surface area contributed by atoms with E-state index < -0.39 is 0 Å². The van der Waals surface area contributed by atoms with Crippen LogP contribution >= 0.6 is 0 Å². The normalized spacial score (nSPS) is 24.6. The van der Waals surface area contributed by atoms with Gasteiger partial charge in [0.15, 0.2) is 0 Å². The molecule has 0 saturated heterocycles. The molecular formula is C13H22O3. The summed E-state index contributed by atoms with van der Waals surface area (Å²) < 4.78 is 11.0. The third kappa shape index (κ3) is 3.26. The van der Waals surface area contributed by atoms with Gasteiger partial charge in [0.05, 0.1) is 6.26 Å². The van der Waals surface area contributed by atoms with Gasteiger partial charge in [0.1, 0.15) is 12.2 Å². The molecule has 0 radical (unpaired) electrons. The lowest BCUT2D eigenvalue weighted by atomic mass is 9.90. The molecule has 0 amide bonds. The van der Waals surface area contributed by atoms with Crippen molar-refractivity contribution in [2.45, 2.75) is 58.5 Å². The maximum Gasteiger partial charge on any atom is 0.305 e. The van der Waals surface area contributed by atoms with Crippen molar-refractivity contribution >= 4 is 5.97 Å². The van der Waals surface area contributed by atoms with Crippen molar-refractivity contribution in [1.82, 2.24) is 0 Å². The average Bonchev–Trinajstić information content (AvgIpc) is 2.36. The van der Waals surface area contributed by atoms with E-state index in [4.69, 9.17) is 9.47 Å². The van der Waals surface area contributed by atoms with E-state index in [-0.39, 0.29) is 11.6 Å². The quantitative estimate of drug-likeness (QED) is 0.675. The third-order valence-corrected chi connectivity index (χ3v) is 3.26. The van der Waals surface area contributed by atoms with Gasteiger partial charge in [0.25, 0.3) is 0 Å². The Balaban J connectivity index is 2.53. The lowest BCUT2D eigenvalue weighted by Gasteiger charge is -2.35. The summed E-state index contributed by atoms with van der Waals surface area (Å²) in [5.74, 6) is -0.151. The molecule has 1 atom stereocenters. The number of ether oxygens (including phenoxy) is 2. The number of allylic oxidation sites excluding steroid dienone is 1. The van der Waals surface area contributed by atoms with Crippen molar-refractivity contribution in [3.8, 4) is 0 Å². The van der Waals surface area contributed by atoms with Gasteiger partial charge < -0.3 is 9.47 Å². The number of rotatable bonds is 5. The van der Waals surface area contributed by atoms with Gasteiger partial charge in [-0.25, -0.2) is 0 Å². The Morgan fingerprint density at radius 2 is 2.25 bits per heavy atom. The van der Waals surface area contributed by atoms with Crippen molar-refractivity contribution in [1.29, 1.82) is 0 Å². The van der Waals surface area contributed by atoms with E-state index in [0.29, 0.717) is 13.0 Å². The van der Waals surface area contributed by atoms with Gasteiger partial charge in [0, 0.05) is 6.42 Å². The Morgan fingerprint density at radius 1 is 1.50 bits per heavy atom. The fourth-order valence-electron chi connectivity index (χ4n) is 1.76. The van der Waals surface area contributed by atoms with Crippen LogP contribution in [0.25, 0.3) is 0 Å². The Hall–Kier alpha value is -0.990. The molecule has 3 heteroatoms. The van der Waals surface area contributed by atoms with Crippen LogP contribution in [0.4, 0.5) is 0 Å². The molecule has 0 saturated carbocycles. The molecule has 1 unspecified atom stereocenters. The minimum absolute atomic E-state index is 0.151. The van der Waals surface area contributed by atoms with Gasteiger partial charge in [-0.05, 0) is 31.3 Å². The molecule has 1 rings (SSSR count). The number of carbonyl (C=O) groups excluding carboxylic acids is 1. The van der Waals surface area contributed by atoms with Crippen LogP contribution in [0.15, 0.2) is 11.8 Å². The molecule has 92 valence electrons. The van der Waals surface area contributed by atoms with Crippen molar-refractivity contribution in [2.75, 3.05) is 6.61 Å². The summed E-state index contributed by atoms with van der Waals surface area (Å²) in [6, 6.07) is 0. The van der Waals surface area contributed by atoms with Crippen LogP contribution in [-0.2, 0) is 14.3 Å². The van der Waals surface area contributed by atoms with E-state index in [1.165, 1.54) is 5.57 Å². The molecule has 0 fully saturated rings. The summed E-state index contributed by atoms with van der Waals surface area (Å²) >= 11 is 0. The van der Waals surface area contributed by atoms with Crippen molar-refractivity contribution in [3.05, 3.63) is 11.8 Å². The summed E-state index contributed by atoms with van der Waals surface area (Å²) in [5.41, 5.74) is 1.05. The predicted octanol–water partition coefficient (Wildman–Crippen LogP) is 3.19. The van der Waals surface area contributed by atoms with Gasteiger partial charge in [-0.3, -0.25) is 4.79 Å². The highest BCUT2D eigenvalue weighted by atomic mass is 16.6. The highest BCUT2D eigenvalue weighted by Crippen LogP contribution is 2.31. The minimum atomic E-state index is -0.288. The molecule has 0 aromatic heterocycles. The standard InChI is InChI=1S/C13H22O3/c1-4-11-7-8-13(6-3,16-9-11)10-15-12(14)5-2/h9H,4-8,10H2,1-3H3. The summed E-state index contributed by atoms with van der Waals surface area (Å²) in [6.45, 7) is 6.39. The molecule has 1 aliphatic rings. The average molecular weight is 226 g/mol. The van der Waals surface area contributed by atoms with Gasteiger partial charge in [-0.1, -0.05) is 20.8 Å². The van der Waals surface area contributed by atoms with Crippen molar-refractivity contribution < 1.29 is 14.3 Å². The van der Waals surface area contributed by atoms with E-state index >= 15 is 0 Å². The molecule has 0 spiro atoms. The summed E-state index contributed by atoms with van der Waals surface area (Å²) in [4.78, 5) is 11.1. The first kappa shape index (κ1) is 13.1. The smallest absolute Gasteiger partial charge is 0.305 e. The monoisotopic (exact) mass is 226 g/mol. The topological polar surface area (TPSA) is 35.5 Å². The van der Waals surface area contributed by atoms with E-state index in [1.54, 1.807) is 6.92 Å². The van der Waals surface area contributed by atoms with Crippen LogP contribution in [0.5, 0.6) is 0 Å². The summed E-state index contributed by atoms with van der Waals surface area (Å²) in [7, 11) is 0. The molecule has 0 aliphatic carbocycles. The molecular weight excluding hydrogens is 204 g/mol. The van der Waals surface area contributed by atoms with Gasteiger partial charge in [-0.2, -0.15) is 0 Å². The van der Waals surface area contributed by atoms with Crippen LogP contribution in [-0.4, -0.2) is 18.2 Å². The maximum atomic E-state index is 11.1. The molecule has 3 nitrogen and oxygen atoms in total. The Morgan fingerprint density at radius 3 is 2.69 bits per heavy atom. The van der Waals surface area contributed by atoms with Gasteiger partial charge in [-0.15, -0.1) is 0 Å². The maximum absolute atomic E-state index is 11.1. The number of carbonyl (C=O) groups is 1. The zero-order valence-corrected chi connectivity index (χ0v) is 10.5. The van der Waals surface area contributed by atoms with Crippen LogP contribution in [0.3, 0.4) is 0 Å². The van der Waals surface area contributed by atoms with E-state index in [0.717, 1.165) is 25.7 Å². The molecule has 1 heterocycles. The minimum Gasteiger partial charge on any atom is -0.491 e. The molecule has 0 bridgehead atoms. The van der Waals surface area contributed by atoms with Crippen molar-refractivity contribution in [3.63, 3.8) is 0 Å². The first-order chi connectivity index (χ1) is 7.65. The molecule has 0 N–H and O–H groups in total. The van der Waals surface area contributed by atoms with E-state index in [9.17, 15) is 4.79 Å². The molecule has 0 aromatic carbocycles. The SMILES string of the molecule is CCC(=O)OCC1(CC)CCC(CC)=CO1. The fraction of sp³-hybridized carbons (Fsp3) is 0.769. The van der Waals surface area contributed by atoms with Crippen LogP contribution in [0, 0.1) is 0 Å². The second-order valence-electron chi connectivity index (χ2n) is 4.30. The summed E-state index contributed by atoms with van der Waals surface area (Å²) in [6.07, 6.45) is 6.18. The second-order valence-corrected chi connectivity index (χ2v) is 4.30. The van der Waals surface area contributed by atoms with Crippen LogP contribution < -0.4 is 0 Å². The van der Waals surface area contributed by atoms with E-state index in [2.05, 4.69) is 13.8 Å². The lowest BCUT2D eigenvalue weighted by Crippen LogP contribution is -2.38. The van der Waals surface area contributed by atoms with Crippen molar-refractivity contribution in [2.24, 2.45) is 0 Å². The Kier molecular flexibility index (Phi) is 4.84. The zero-order chi connectivity index (χ0) is 12.0. The Bertz CT molecular complexity index is 270. The Labute approximate surface area is 97.8 Å². The molecule has 0 aromatic rings. The first-order valence-corrected chi connectivity index (χ1v) is 6.17.